The average Bonchev–Trinajstić information content (AvgIpc) is 2.61. The Hall–Kier alpha value is -1.74. The van der Waals surface area contributed by atoms with Crippen molar-refractivity contribution in [2.24, 2.45) is 0 Å². The van der Waals surface area contributed by atoms with Crippen LogP contribution >= 0.6 is 0 Å². The van der Waals surface area contributed by atoms with Crippen molar-refractivity contribution in [2.45, 2.75) is 13.0 Å². The normalized spacial score (nSPS) is 12.1. The molecule has 4 N–H and O–H groups in total. The van der Waals surface area contributed by atoms with E-state index in [1.165, 1.54) is 6.33 Å². The molecule has 2 heterocycles. The molecule has 0 aliphatic carbocycles. The molecule has 0 saturated carbocycles. The van der Waals surface area contributed by atoms with E-state index >= 15 is 0 Å². The number of aryl methyl sites for hydroxylation is 1. The minimum atomic E-state index is -3.93. The van der Waals surface area contributed by atoms with Gasteiger partial charge in [0.25, 0.3) is 15.8 Å². The van der Waals surface area contributed by atoms with E-state index in [1.54, 1.807) is 10.9 Å². The van der Waals surface area contributed by atoms with Gasteiger partial charge in [-0.25, -0.2) is 14.5 Å². The first kappa shape index (κ1) is 11.7. The first-order chi connectivity index (χ1) is 7.97. The Morgan fingerprint density at radius 1 is 1.47 bits per heavy atom. The van der Waals surface area contributed by atoms with Gasteiger partial charge < -0.3 is 5.73 Å². The molecule has 0 atom stereocenters. The largest absolute Gasteiger partial charge is 0.380 e. The lowest BCUT2D eigenvalue weighted by Gasteiger charge is -1.98. The minimum absolute atomic E-state index is 0.283. The number of anilines is 1. The summed E-state index contributed by atoms with van der Waals surface area (Å²) in [5.41, 5.74) is 6.91. The van der Waals surface area contributed by atoms with E-state index in [-0.39, 0.29) is 12.2 Å². The third-order valence-corrected chi connectivity index (χ3v) is 3.10. The van der Waals surface area contributed by atoms with E-state index in [4.69, 9.17) is 10.3 Å². The summed E-state index contributed by atoms with van der Waals surface area (Å²) in [6, 6.07) is 0. The Labute approximate surface area is 97.3 Å². The number of nitrogens with two attached hydrogens (primary N) is 1. The van der Waals surface area contributed by atoms with Crippen LogP contribution < -0.4 is 10.3 Å². The van der Waals surface area contributed by atoms with Crippen LogP contribution in [-0.4, -0.2) is 33.7 Å². The van der Waals surface area contributed by atoms with Gasteiger partial charge in [0, 0.05) is 6.42 Å². The summed E-state index contributed by atoms with van der Waals surface area (Å²) in [6.45, 7) is 0.400. The van der Waals surface area contributed by atoms with Crippen LogP contribution in [0, 0.1) is 0 Å². The Bertz CT molecular complexity index is 636. The summed E-state index contributed by atoms with van der Waals surface area (Å²) in [7, 11) is -3.93. The number of nitrogens with one attached hydrogen (secondary N) is 1. The molecule has 17 heavy (non-hydrogen) atoms. The maximum absolute atomic E-state index is 10.6. The Morgan fingerprint density at radius 3 is 2.94 bits per heavy atom. The molecule has 0 amide bonds. The van der Waals surface area contributed by atoms with Gasteiger partial charge in [-0.2, -0.15) is 13.4 Å². The van der Waals surface area contributed by atoms with Gasteiger partial charge >= 0.3 is 0 Å². The first-order valence-corrected chi connectivity index (χ1v) is 6.50. The highest BCUT2D eigenvalue weighted by Crippen LogP contribution is 2.09. The number of imidazole rings is 1. The molecule has 0 fully saturated rings. The van der Waals surface area contributed by atoms with Crippen molar-refractivity contribution in [1.82, 2.24) is 15.0 Å². The molecule has 2 aromatic heterocycles. The molecule has 0 saturated heterocycles. The number of hydrogen-bond donors (Lipinski definition) is 3. The summed E-state index contributed by atoms with van der Waals surface area (Å²) < 4.78 is 31.5. The molecule has 0 aliphatic heterocycles. The number of aromatic amines is 1. The quantitative estimate of drug-likeness (QED) is 0.482. The van der Waals surface area contributed by atoms with Crippen LogP contribution in [0.4, 0.5) is 5.82 Å². The van der Waals surface area contributed by atoms with Crippen LogP contribution in [0.1, 0.15) is 6.42 Å². The third-order valence-electron chi connectivity index (χ3n) is 2.30. The number of H-pyrrole nitrogens is 1. The molecular formula is C8H12N5O3S+. The molecule has 8 nitrogen and oxygen atoms in total. The predicted molar refractivity (Wildman–Crippen MR) is 59.5 cm³/mol. The summed E-state index contributed by atoms with van der Waals surface area (Å²) >= 11 is 0. The summed E-state index contributed by atoms with van der Waals surface area (Å²) in [5, 5.41) is 0. The molecule has 0 bridgehead atoms. The van der Waals surface area contributed by atoms with Gasteiger partial charge in [0.2, 0.25) is 11.8 Å². The van der Waals surface area contributed by atoms with Crippen molar-refractivity contribution in [3.8, 4) is 0 Å². The zero-order valence-electron chi connectivity index (χ0n) is 8.87. The standard InChI is InChI=1S/C8H11N5O3S/c9-7-6-8(11-4-10-7)12-5-13(6)2-1-3-17(14,15)16/h4-5H,1-3H2,(H3,9,10,11,14,15,16)/p+1. The van der Waals surface area contributed by atoms with Crippen molar-refractivity contribution < 1.29 is 17.5 Å². The van der Waals surface area contributed by atoms with Crippen molar-refractivity contribution in [2.75, 3.05) is 11.5 Å². The fourth-order valence-corrected chi connectivity index (χ4v) is 2.07. The van der Waals surface area contributed by atoms with Crippen LogP contribution in [0.25, 0.3) is 11.2 Å². The molecule has 0 unspecified atom stereocenters. The topological polar surface area (TPSA) is 126 Å². The zero-order valence-corrected chi connectivity index (χ0v) is 9.68. The van der Waals surface area contributed by atoms with E-state index in [0.717, 1.165) is 0 Å². The van der Waals surface area contributed by atoms with Gasteiger partial charge in [0.1, 0.15) is 6.33 Å². The number of rotatable bonds is 4. The molecule has 0 aromatic carbocycles. The van der Waals surface area contributed by atoms with Crippen LogP contribution in [0.2, 0.25) is 0 Å². The SMILES string of the molecule is Nc1ncnc2[nH]c[n+](CCCS(=O)(=O)O)c12. The second-order valence-corrected chi connectivity index (χ2v) is 5.13. The number of aromatic nitrogens is 4. The van der Waals surface area contributed by atoms with Crippen LogP contribution in [0.3, 0.4) is 0 Å². The number of hydrogen-bond acceptors (Lipinski definition) is 5. The molecular weight excluding hydrogens is 246 g/mol. The van der Waals surface area contributed by atoms with Crippen molar-refractivity contribution >= 4 is 27.1 Å². The van der Waals surface area contributed by atoms with Gasteiger partial charge in [-0.05, 0) is 0 Å². The van der Waals surface area contributed by atoms with E-state index in [9.17, 15) is 8.42 Å². The second-order valence-electron chi connectivity index (χ2n) is 3.56. The van der Waals surface area contributed by atoms with Crippen LogP contribution in [-0.2, 0) is 16.7 Å². The predicted octanol–water partition coefficient (Wildman–Crippen LogP) is -0.894. The first-order valence-electron chi connectivity index (χ1n) is 4.89. The maximum Gasteiger partial charge on any atom is 0.271 e. The number of fused-ring (bicyclic) bond motifs is 1. The highest BCUT2D eigenvalue weighted by Gasteiger charge is 2.15. The van der Waals surface area contributed by atoms with Gasteiger partial charge in [0.15, 0.2) is 5.82 Å². The van der Waals surface area contributed by atoms with Gasteiger partial charge in [-0.1, -0.05) is 0 Å². The summed E-state index contributed by atoms with van der Waals surface area (Å²) in [5.74, 6) is 0.0309. The molecule has 0 radical (unpaired) electrons. The monoisotopic (exact) mass is 258 g/mol. The zero-order chi connectivity index (χ0) is 12.5. The molecule has 9 heteroatoms. The molecule has 92 valence electrons. The van der Waals surface area contributed by atoms with Crippen LogP contribution in [0.5, 0.6) is 0 Å². The summed E-state index contributed by atoms with van der Waals surface area (Å²) in [6.07, 6.45) is 3.27. The van der Waals surface area contributed by atoms with E-state index in [1.807, 2.05) is 0 Å². The Morgan fingerprint density at radius 2 is 2.24 bits per heavy atom. The lowest BCUT2D eigenvalue weighted by atomic mass is 10.4. The molecule has 2 aromatic rings. The van der Waals surface area contributed by atoms with Gasteiger partial charge in [0.05, 0.1) is 12.3 Å². The Kier molecular flexibility index (Phi) is 2.94. The smallest absolute Gasteiger partial charge is 0.271 e. The lowest BCUT2D eigenvalue weighted by molar-refractivity contribution is -0.670. The molecule has 0 spiro atoms. The lowest BCUT2D eigenvalue weighted by Crippen LogP contribution is -2.33. The highest BCUT2D eigenvalue weighted by molar-refractivity contribution is 7.85. The minimum Gasteiger partial charge on any atom is -0.380 e. The van der Waals surface area contributed by atoms with Crippen molar-refractivity contribution in [3.05, 3.63) is 12.7 Å². The van der Waals surface area contributed by atoms with Crippen molar-refractivity contribution in [3.63, 3.8) is 0 Å². The maximum atomic E-state index is 10.6. The van der Waals surface area contributed by atoms with Crippen LogP contribution in [0.15, 0.2) is 12.7 Å². The number of nitrogens with zero attached hydrogens (tertiary/aromatic N) is 3. The molecule has 2 rings (SSSR count). The van der Waals surface area contributed by atoms with Gasteiger partial charge in [-0.15, -0.1) is 0 Å². The third kappa shape index (κ3) is 2.68. The summed E-state index contributed by atoms with van der Waals surface area (Å²) in [4.78, 5) is 10.7. The van der Waals surface area contributed by atoms with E-state index < -0.39 is 10.1 Å². The Balaban J connectivity index is 2.20. The second kappa shape index (κ2) is 4.26. The van der Waals surface area contributed by atoms with Gasteiger partial charge in [-0.3, -0.25) is 4.55 Å². The van der Waals surface area contributed by atoms with Crippen molar-refractivity contribution in [1.29, 1.82) is 0 Å². The molecule has 0 aliphatic rings. The highest BCUT2D eigenvalue weighted by atomic mass is 32.2. The fraction of sp³-hybridized carbons (Fsp3) is 0.375. The average molecular weight is 258 g/mol. The fourth-order valence-electron chi connectivity index (χ4n) is 1.58. The number of nitrogen functional groups attached to an aromatic ring is 1. The van der Waals surface area contributed by atoms with E-state index in [0.29, 0.717) is 23.5 Å². The van der Waals surface area contributed by atoms with E-state index in [2.05, 4.69) is 15.0 Å².